The summed E-state index contributed by atoms with van der Waals surface area (Å²) in [5.74, 6) is -0.424. The van der Waals surface area contributed by atoms with Crippen LogP contribution in [0.25, 0.3) is 5.69 Å². The number of nitrogens with zero attached hydrogens (tertiary/aromatic N) is 3. The van der Waals surface area contributed by atoms with Gasteiger partial charge in [-0.2, -0.15) is 5.11 Å². The highest BCUT2D eigenvalue weighted by atomic mass is 16.1. The summed E-state index contributed by atoms with van der Waals surface area (Å²) < 4.78 is 1.40. The molecule has 4 aromatic rings. The molecular weight excluding hydrogens is 392 g/mol. The van der Waals surface area contributed by atoms with E-state index in [0.717, 1.165) is 0 Å². The minimum absolute atomic E-state index is 0.175. The molecule has 1 aliphatic carbocycles. The van der Waals surface area contributed by atoms with Gasteiger partial charge >= 0.3 is 0 Å². The molecule has 1 N–H and O–H groups in total. The topological polar surface area (TPSA) is 96.7 Å². The van der Waals surface area contributed by atoms with Crippen LogP contribution in [-0.2, 0) is 0 Å². The number of aromatic amines is 1. The highest BCUT2D eigenvalue weighted by molar-refractivity contribution is 6.28. The van der Waals surface area contributed by atoms with Crippen molar-refractivity contribution in [3.05, 3.63) is 111 Å². The second-order valence-corrected chi connectivity index (χ2v) is 7.20. The second-order valence-electron chi connectivity index (χ2n) is 7.20. The third kappa shape index (κ3) is 3.03. The van der Waals surface area contributed by atoms with Gasteiger partial charge in [0.2, 0.25) is 0 Å². The molecule has 1 aliphatic rings. The van der Waals surface area contributed by atoms with Crippen LogP contribution in [0.15, 0.2) is 87.8 Å². The Morgan fingerprint density at radius 1 is 0.710 bits per heavy atom. The number of hydrogen-bond donors (Lipinski definition) is 1. The Bertz CT molecular complexity index is 1450. The van der Waals surface area contributed by atoms with Gasteiger partial charge in [0.15, 0.2) is 17.3 Å². The van der Waals surface area contributed by atoms with Gasteiger partial charge in [0.1, 0.15) is 0 Å². The fourth-order valence-corrected chi connectivity index (χ4v) is 3.67. The zero-order valence-electron chi connectivity index (χ0n) is 16.5. The van der Waals surface area contributed by atoms with E-state index in [1.807, 2.05) is 30.3 Å². The molecule has 1 aromatic heterocycles. The molecular formula is C24H16N4O3. The maximum atomic E-state index is 12.9. The molecule has 0 radical (unpaired) electrons. The smallest absolute Gasteiger partial charge is 0.293 e. The minimum Gasteiger partial charge on any atom is -0.293 e. The number of benzene rings is 3. The van der Waals surface area contributed by atoms with E-state index in [1.165, 1.54) is 10.7 Å². The highest BCUT2D eigenvalue weighted by Crippen LogP contribution is 2.30. The number of aromatic nitrogens is 2. The van der Waals surface area contributed by atoms with E-state index in [1.54, 1.807) is 43.3 Å². The van der Waals surface area contributed by atoms with Crippen molar-refractivity contribution in [2.75, 3.05) is 0 Å². The molecule has 7 heteroatoms. The summed E-state index contributed by atoms with van der Waals surface area (Å²) in [6.45, 7) is 1.74. The first-order valence-electron chi connectivity index (χ1n) is 9.66. The summed E-state index contributed by atoms with van der Waals surface area (Å²) in [7, 11) is 0. The van der Waals surface area contributed by atoms with Crippen LogP contribution in [0.3, 0.4) is 0 Å². The van der Waals surface area contributed by atoms with E-state index < -0.39 is 0 Å². The summed E-state index contributed by atoms with van der Waals surface area (Å²) in [6.07, 6.45) is 0. The number of para-hydroxylation sites is 1. The Balaban J connectivity index is 1.51. The van der Waals surface area contributed by atoms with Crippen molar-refractivity contribution >= 4 is 22.9 Å². The van der Waals surface area contributed by atoms with Crippen molar-refractivity contribution in [2.45, 2.75) is 6.92 Å². The molecule has 0 atom stereocenters. The van der Waals surface area contributed by atoms with Gasteiger partial charge in [-0.1, -0.05) is 42.5 Å². The van der Waals surface area contributed by atoms with E-state index >= 15 is 0 Å². The fourth-order valence-electron chi connectivity index (χ4n) is 3.67. The number of aryl methyl sites for hydroxylation is 1. The second kappa shape index (κ2) is 7.14. The molecule has 7 nitrogen and oxygen atoms in total. The molecule has 0 fully saturated rings. The van der Waals surface area contributed by atoms with Gasteiger partial charge in [-0.25, -0.2) is 4.68 Å². The van der Waals surface area contributed by atoms with E-state index in [9.17, 15) is 14.4 Å². The minimum atomic E-state index is -0.328. The average Bonchev–Trinajstić information content (AvgIpc) is 3.09. The normalized spacial score (nSPS) is 12.8. The largest absolute Gasteiger partial charge is 0.299 e. The van der Waals surface area contributed by atoms with E-state index in [0.29, 0.717) is 33.8 Å². The fraction of sp³-hybridized carbons (Fsp3) is 0.0417. The van der Waals surface area contributed by atoms with Crippen LogP contribution in [-0.4, -0.2) is 21.3 Å². The monoisotopic (exact) mass is 408 g/mol. The molecule has 0 saturated heterocycles. The maximum Gasteiger partial charge on any atom is 0.299 e. The number of hydrogen-bond acceptors (Lipinski definition) is 5. The number of nitrogens with one attached hydrogen (secondary N) is 1. The van der Waals surface area contributed by atoms with Gasteiger partial charge in [-0.3, -0.25) is 19.5 Å². The number of rotatable bonds is 3. The number of carbonyl (C=O) groups is 2. The number of H-pyrrole nitrogens is 1. The van der Waals surface area contributed by atoms with E-state index in [2.05, 4.69) is 15.3 Å². The van der Waals surface area contributed by atoms with Crippen LogP contribution < -0.4 is 5.56 Å². The van der Waals surface area contributed by atoms with Crippen LogP contribution in [0.5, 0.6) is 0 Å². The van der Waals surface area contributed by atoms with Gasteiger partial charge in [0.05, 0.1) is 17.1 Å². The first kappa shape index (κ1) is 18.6. The molecule has 0 amide bonds. The standard InChI is InChI=1S/C24H16N4O3/c1-14-21(24(31)28(27-14)16-7-3-2-4-8-16)26-25-15-11-12-19-20(13-15)23(30)18-10-6-5-9-17(18)22(19)29/h2-13,27H,1H3. The molecule has 0 saturated carbocycles. The third-order valence-corrected chi connectivity index (χ3v) is 5.23. The summed E-state index contributed by atoms with van der Waals surface area (Å²) >= 11 is 0. The first-order valence-corrected chi connectivity index (χ1v) is 9.66. The third-order valence-electron chi connectivity index (χ3n) is 5.23. The van der Waals surface area contributed by atoms with E-state index in [-0.39, 0.29) is 28.4 Å². The number of carbonyl (C=O) groups excluding carboxylic acids is 2. The van der Waals surface area contributed by atoms with Crippen molar-refractivity contribution in [3.8, 4) is 5.69 Å². The molecule has 0 unspecified atom stereocenters. The summed E-state index contributed by atoms with van der Waals surface area (Å²) in [4.78, 5) is 38.3. The van der Waals surface area contributed by atoms with Crippen LogP contribution in [0, 0.1) is 6.92 Å². The van der Waals surface area contributed by atoms with Gasteiger partial charge in [0.25, 0.3) is 5.56 Å². The predicted molar refractivity (Wildman–Crippen MR) is 115 cm³/mol. The van der Waals surface area contributed by atoms with Crippen molar-refractivity contribution in [3.63, 3.8) is 0 Å². The summed E-state index contributed by atoms with van der Waals surface area (Å²) in [5.41, 5.74) is 2.88. The summed E-state index contributed by atoms with van der Waals surface area (Å²) in [6, 6.07) is 20.6. The van der Waals surface area contributed by atoms with Crippen molar-refractivity contribution in [1.29, 1.82) is 0 Å². The van der Waals surface area contributed by atoms with Crippen molar-refractivity contribution in [2.24, 2.45) is 10.2 Å². The van der Waals surface area contributed by atoms with Crippen LogP contribution in [0.4, 0.5) is 11.4 Å². The highest BCUT2D eigenvalue weighted by Gasteiger charge is 2.29. The number of ketones is 2. The Hall–Kier alpha value is -4.39. The summed E-state index contributed by atoms with van der Waals surface area (Å²) in [5, 5.41) is 11.3. The Labute approximate surface area is 176 Å². The lowest BCUT2D eigenvalue weighted by molar-refractivity contribution is 0.0979. The molecule has 0 bridgehead atoms. The molecule has 1 heterocycles. The number of fused-ring (bicyclic) bond motifs is 2. The van der Waals surface area contributed by atoms with Crippen molar-refractivity contribution < 1.29 is 9.59 Å². The molecule has 31 heavy (non-hydrogen) atoms. The lowest BCUT2D eigenvalue weighted by Gasteiger charge is -2.17. The van der Waals surface area contributed by atoms with Gasteiger partial charge < -0.3 is 0 Å². The van der Waals surface area contributed by atoms with E-state index in [4.69, 9.17) is 0 Å². The lowest BCUT2D eigenvalue weighted by atomic mass is 9.84. The average molecular weight is 408 g/mol. The van der Waals surface area contributed by atoms with Gasteiger partial charge in [-0.15, -0.1) is 5.11 Å². The zero-order chi connectivity index (χ0) is 21.5. The Kier molecular flexibility index (Phi) is 4.29. The molecule has 0 aliphatic heterocycles. The molecule has 150 valence electrons. The Morgan fingerprint density at radius 3 is 2.03 bits per heavy atom. The molecule has 5 rings (SSSR count). The SMILES string of the molecule is Cc1[nH]n(-c2ccccc2)c(=O)c1N=Nc1ccc2c(c1)C(=O)c1ccccc1C2=O. The van der Waals surface area contributed by atoms with Crippen LogP contribution in [0.2, 0.25) is 0 Å². The quantitative estimate of drug-likeness (QED) is 0.440. The predicted octanol–water partition coefficient (Wildman–Crippen LogP) is 4.66. The molecule has 0 spiro atoms. The van der Waals surface area contributed by atoms with Gasteiger partial charge in [0, 0.05) is 22.3 Å². The van der Waals surface area contributed by atoms with Crippen molar-refractivity contribution in [1.82, 2.24) is 9.78 Å². The van der Waals surface area contributed by atoms with Gasteiger partial charge in [-0.05, 0) is 37.3 Å². The first-order chi connectivity index (χ1) is 15.0. The number of azo groups is 1. The van der Waals surface area contributed by atoms with Crippen LogP contribution in [0.1, 0.15) is 37.5 Å². The lowest BCUT2D eigenvalue weighted by Crippen LogP contribution is -2.20. The molecule has 3 aromatic carbocycles. The Morgan fingerprint density at radius 2 is 1.32 bits per heavy atom. The van der Waals surface area contributed by atoms with Crippen LogP contribution >= 0.6 is 0 Å². The maximum absolute atomic E-state index is 12.9. The zero-order valence-corrected chi connectivity index (χ0v) is 16.5.